The fraction of sp³-hybridized carbons (Fsp3) is 0. The molecule has 0 fully saturated rings. The number of para-hydroxylation sites is 1. The van der Waals surface area contributed by atoms with E-state index in [2.05, 4.69) is 70.4 Å². The molecule has 0 radical (unpaired) electrons. The lowest BCUT2D eigenvalue weighted by atomic mass is 10.2. The number of halogens is 1. The molecule has 74 valence electrons. The highest BCUT2D eigenvalue weighted by Crippen LogP contribution is 2.44. The van der Waals surface area contributed by atoms with Crippen LogP contribution in [0, 0.1) is 3.57 Å². The Morgan fingerprint density at radius 2 is 1.73 bits per heavy atom. The minimum atomic E-state index is 1.21. The second kappa shape index (κ2) is 3.72. The second-order valence-electron chi connectivity index (χ2n) is 3.36. The van der Waals surface area contributed by atoms with E-state index in [0.29, 0.717) is 0 Å². The lowest BCUT2D eigenvalue weighted by Gasteiger charge is -2.20. The van der Waals surface area contributed by atoms with Crippen molar-refractivity contribution in [1.82, 2.24) is 0 Å². The predicted molar refractivity (Wildman–Crippen MR) is 73.0 cm³/mol. The van der Waals surface area contributed by atoms with Crippen LogP contribution < -0.4 is 5.32 Å². The SMILES string of the molecule is Ic1ccc2c(c1)Nc1ccccc1S2. The third-order valence-electron chi connectivity index (χ3n) is 2.32. The largest absolute Gasteiger partial charge is 0.354 e. The van der Waals surface area contributed by atoms with E-state index >= 15 is 0 Å². The first-order valence-electron chi connectivity index (χ1n) is 4.66. The fourth-order valence-electron chi connectivity index (χ4n) is 1.61. The van der Waals surface area contributed by atoms with E-state index in [9.17, 15) is 0 Å². The Balaban J connectivity index is 2.11. The van der Waals surface area contributed by atoms with Crippen LogP contribution in [0.2, 0.25) is 0 Å². The summed E-state index contributed by atoms with van der Waals surface area (Å²) >= 11 is 4.16. The van der Waals surface area contributed by atoms with Crippen molar-refractivity contribution >= 4 is 45.7 Å². The molecular weight excluding hydrogens is 317 g/mol. The molecule has 3 rings (SSSR count). The molecule has 0 saturated heterocycles. The molecule has 0 bridgehead atoms. The van der Waals surface area contributed by atoms with Crippen LogP contribution in [0.25, 0.3) is 0 Å². The zero-order chi connectivity index (χ0) is 10.3. The molecule has 2 aromatic rings. The van der Waals surface area contributed by atoms with Crippen LogP contribution >= 0.6 is 34.4 Å². The first-order valence-corrected chi connectivity index (χ1v) is 6.56. The van der Waals surface area contributed by atoms with Crippen molar-refractivity contribution in [2.45, 2.75) is 9.79 Å². The van der Waals surface area contributed by atoms with E-state index in [1.165, 1.54) is 24.7 Å². The number of nitrogens with one attached hydrogen (secondary N) is 1. The Hall–Kier alpha value is -0.680. The van der Waals surface area contributed by atoms with E-state index in [-0.39, 0.29) is 0 Å². The van der Waals surface area contributed by atoms with E-state index in [4.69, 9.17) is 0 Å². The van der Waals surface area contributed by atoms with Crippen LogP contribution in [0.3, 0.4) is 0 Å². The number of fused-ring (bicyclic) bond motifs is 2. The first-order chi connectivity index (χ1) is 7.33. The zero-order valence-corrected chi connectivity index (χ0v) is 10.8. The van der Waals surface area contributed by atoms with Crippen LogP contribution in [0.15, 0.2) is 52.3 Å². The van der Waals surface area contributed by atoms with Crippen LogP contribution in [0.1, 0.15) is 0 Å². The molecule has 0 spiro atoms. The van der Waals surface area contributed by atoms with E-state index in [1.807, 2.05) is 11.8 Å². The van der Waals surface area contributed by atoms with Crippen LogP contribution in [-0.4, -0.2) is 0 Å². The van der Waals surface area contributed by atoms with Crippen molar-refractivity contribution in [2.75, 3.05) is 5.32 Å². The van der Waals surface area contributed by atoms with Gasteiger partial charge in [-0.3, -0.25) is 0 Å². The molecule has 0 amide bonds. The third-order valence-corrected chi connectivity index (χ3v) is 4.14. The second-order valence-corrected chi connectivity index (χ2v) is 5.69. The van der Waals surface area contributed by atoms with Gasteiger partial charge in [-0.05, 0) is 52.9 Å². The van der Waals surface area contributed by atoms with E-state index < -0.39 is 0 Å². The van der Waals surface area contributed by atoms with Crippen molar-refractivity contribution in [3.8, 4) is 0 Å². The summed E-state index contributed by atoms with van der Waals surface area (Å²) in [6.45, 7) is 0. The van der Waals surface area contributed by atoms with Gasteiger partial charge in [0.25, 0.3) is 0 Å². The molecule has 0 aliphatic carbocycles. The molecule has 1 nitrogen and oxygen atoms in total. The van der Waals surface area contributed by atoms with Crippen molar-refractivity contribution < 1.29 is 0 Å². The molecule has 1 heterocycles. The lowest BCUT2D eigenvalue weighted by Crippen LogP contribution is -1.99. The average Bonchev–Trinajstić information content (AvgIpc) is 2.26. The summed E-state index contributed by atoms with van der Waals surface area (Å²) in [4.78, 5) is 2.60. The molecule has 3 heteroatoms. The topological polar surface area (TPSA) is 12.0 Å². The number of hydrogen-bond acceptors (Lipinski definition) is 2. The molecule has 1 N–H and O–H groups in total. The van der Waals surface area contributed by atoms with Crippen molar-refractivity contribution in [3.05, 3.63) is 46.0 Å². The van der Waals surface area contributed by atoms with Gasteiger partial charge in [-0.1, -0.05) is 23.9 Å². The smallest absolute Gasteiger partial charge is 0.0536 e. The summed E-state index contributed by atoms with van der Waals surface area (Å²) in [6, 6.07) is 14.9. The van der Waals surface area contributed by atoms with Gasteiger partial charge in [0, 0.05) is 13.4 Å². The number of benzene rings is 2. The molecule has 15 heavy (non-hydrogen) atoms. The predicted octanol–water partition coefficient (Wildman–Crippen LogP) is 4.50. The van der Waals surface area contributed by atoms with Crippen LogP contribution in [0.5, 0.6) is 0 Å². The maximum absolute atomic E-state index is 3.46. The highest BCUT2D eigenvalue weighted by Gasteiger charge is 2.14. The zero-order valence-electron chi connectivity index (χ0n) is 7.83. The Bertz CT molecular complexity index is 525. The molecule has 0 saturated carbocycles. The molecule has 0 aromatic heterocycles. The summed E-state index contributed by atoms with van der Waals surface area (Å²) in [5, 5.41) is 3.46. The summed E-state index contributed by atoms with van der Waals surface area (Å²) in [5.74, 6) is 0. The molecule has 2 aromatic carbocycles. The Morgan fingerprint density at radius 3 is 2.67 bits per heavy atom. The standard InChI is InChI=1S/C12H8INS/c13-8-5-6-12-10(7-8)14-9-3-1-2-4-11(9)15-12/h1-7,14H. The van der Waals surface area contributed by atoms with Gasteiger partial charge in [-0.25, -0.2) is 0 Å². The van der Waals surface area contributed by atoms with Gasteiger partial charge in [0.1, 0.15) is 0 Å². The van der Waals surface area contributed by atoms with Gasteiger partial charge in [0.15, 0.2) is 0 Å². The van der Waals surface area contributed by atoms with Gasteiger partial charge in [0.05, 0.1) is 11.4 Å². The summed E-state index contributed by atoms with van der Waals surface area (Å²) in [6.07, 6.45) is 0. The van der Waals surface area contributed by atoms with Gasteiger partial charge in [-0.15, -0.1) is 0 Å². The number of rotatable bonds is 0. The first kappa shape index (κ1) is 9.54. The number of anilines is 2. The highest BCUT2D eigenvalue weighted by atomic mass is 127. The Morgan fingerprint density at radius 1 is 0.933 bits per heavy atom. The molecule has 0 atom stereocenters. The lowest BCUT2D eigenvalue weighted by molar-refractivity contribution is 1.31. The van der Waals surface area contributed by atoms with Crippen LogP contribution in [-0.2, 0) is 0 Å². The normalized spacial score (nSPS) is 12.6. The summed E-state index contributed by atoms with van der Waals surface area (Å²) in [5.41, 5.74) is 2.42. The fourth-order valence-corrected chi connectivity index (χ4v) is 3.07. The van der Waals surface area contributed by atoms with Gasteiger partial charge < -0.3 is 5.32 Å². The minimum absolute atomic E-state index is 1.21. The van der Waals surface area contributed by atoms with Crippen LogP contribution in [0.4, 0.5) is 11.4 Å². The average molecular weight is 325 g/mol. The highest BCUT2D eigenvalue weighted by molar-refractivity contribution is 14.1. The monoisotopic (exact) mass is 325 g/mol. The molecular formula is C12H8INS. The minimum Gasteiger partial charge on any atom is -0.354 e. The molecule has 0 unspecified atom stereocenters. The molecule has 1 aliphatic heterocycles. The third kappa shape index (κ3) is 1.74. The van der Waals surface area contributed by atoms with Crippen molar-refractivity contribution in [3.63, 3.8) is 0 Å². The maximum Gasteiger partial charge on any atom is 0.0536 e. The Kier molecular flexibility index (Phi) is 2.36. The maximum atomic E-state index is 3.46. The van der Waals surface area contributed by atoms with Gasteiger partial charge in [0.2, 0.25) is 0 Å². The molecule has 1 aliphatic rings. The van der Waals surface area contributed by atoms with E-state index in [0.717, 1.165) is 0 Å². The van der Waals surface area contributed by atoms with Gasteiger partial charge >= 0.3 is 0 Å². The van der Waals surface area contributed by atoms with Crippen molar-refractivity contribution in [2.24, 2.45) is 0 Å². The summed E-state index contributed by atoms with van der Waals surface area (Å²) in [7, 11) is 0. The summed E-state index contributed by atoms with van der Waals surface area (Å²) < 4.78 is 1.26. The van der Waals surface area contributed by atoms with Gasteiger partial charge in [-0.2, -0.15) is 0 Å². The Labute approximate surface area is 106 Å². The quantitative estimate of drug-likeness (QED) is 0.611. The van der Waals surface area contributed by atoms with Crippen molar-refractivity contribution in [1.29, 1.82) is 0 Å². The number of hydrogen-bond donors (Lipinski definition) is 1. The van der Waals surface area contributed by atoms with E-state index in [1.54, 1.807) is 0 Å².